The molecule has 0 fully saturated rings. The molecule has 1 amide bonds. The van der Waals surface area contributed by atoms with Crippen molar-refractivity contribution in [2.75, 3.05) is 0 Å². The molecule has 2 N–H and O–H groups in total. The average Bonchev–Trinajstić information content (AvgIpc) is 2.24. The summed E-state index contributed by atoms with van der Waals surface area (Å²) in [5.74, 6) is -1.68. The van der Waals surface area contributed by atoms with Crippen molar-refractivity contribution >= 4 is 27.8 Å². The number of aliphatic carboxylic acids is 1. The first-order valence-electron chi connectivity index (χ1n) is 5.17. The van der Waals surface area contributed by atoms with Gasteiger partial charge in [0.25, 0.3) is 0 Å². The van der Waals surface area contributed by atoms with Crippen molar-refractivity contribution in [2.45, 2.75) is 25.8 Å². The zero-order chi connectivity index (χ0) is 13.0. The van der Waals surface area contributed by atoms with Crippen LogP contribution in [0.5, 0.6) is 0 Å². The minimum absolute atomic E-state index is 0.297. The van der Waals surface area contributed by atoms with Gasteiger partial charge in [-0.1, -0.05) is 35.0 Å². The van der Waals surface area contributed by atoms with Crippen molar-refractivity contribution in [3.63, 3.8) is 0 Å². The molecule has 0 saturated carbocycles. The highest BCUT2D eigenvalue weighted by Gasteiger charge is 2.26. The number of carboxylic acids is 1. The summed E-state index contributed by atoms with van der Waals surface area (Å²) in [6.07, 6.45) is 0. The molecule has 0 aliphatic carbocycles. The van der Waals surface area contributed by atoms with Crippen LogP contribution in [0, 0.1) is 0 Å². The van der Waals surface area contributed by atoms with Crippen LogP contribution in [-0.2, 0) is 9.59 Å². The van der Waals surface area contributed by atoms with Gasteiger partial charge >= 0.3 is 5.97 Å². The summed E-state index contributed by atoms with van der Waals surface area (Å²) in [5, 5.41) is 11.5. The highest BCUT2D eigenvalue weighted by molar-refractivity contribution is 9.10. The van der Waals surface area contributed by atoms with Crippen LogP contribution < -0.4 is 5.32 Å². The molecule has 17 heavy (non-hydrogen) atoms. The van der Waals surface area contributed by atoms with E-state index in [1.165, 1.54) is 6.92 Å². The van der Waals surface area contributed by atoms with Crippen LogP contribution >= 0.6 is 15.9 Å². The first-order valence-corrected chi connectivity index (χ1v) is 5.96. The van der Waals surface area contributed by atoms with Gasteiger partial charge in [-0.15, -0.1) is 0 Å². The molecule has 0 bridgehead atoms. The molecule has 0 saturated heterocycles. The molecule has 0 aromatic heterocycles. The van der Waals surface area contributed by atoms with Gasteiger partial charge in [0, 0.05) is 17.3 Å². The van der Waals surface area contributed by atoms with Gasteiger partial charge in [0.2, 0.25) is 5.91 Å². The molecule has 0 aliphatic heterocycles. The molecule has 0 spiro atoms. The standard InChI is InChI=1S/C12H14BrNO3/c1-7(9-4-3-5-10(13)6-9)11(12(16)17)14-8(2)15/h3-7,11H,1-2H3,(H,14,15)(H,16,17). The first-order chi connectivity index (χ1) is 7.91. The number of nitrogens with one attached hydrogen (secondary N) is 1. The van der Waals surface area contributed by atoms with E-state index >= 15 is 0 Å². The smallest absolute Gasteiger partial charge is 0.326 e. The van der Waals surface area contributed by atoms with Gasteiger partial charge in [-0.25, -0.2) is 4.79 Å². The Labute approximate surface area is 108 Å². The van der Waals surface area contributed by atoms with Gasteiger partial charge < -0.3 is 10.4 Å². The van der Waals surface area contributed by atoms with Crippen LogP contribution in [0.3, 0.4) is 0 Å². The second-order valence-electron chi connectivity index (χ2n) is 3.86. The topological polar surface area (TPSA) is 66.4 Å². The number of carbonyl (C=O) groups excluding carboxylic acids is 1. The van der Waals surface area contributed by atoms with Gasteiger partial charge in [-0.3, -0.25) is 4.79 Å². The van der Waals surface area contributed by atoms with Crippen molar-refractivity contribution in [3.8, 4) is 0 Å². The van der Waals surface area contributed by atoms with E-state index in [1.54, 1.807) is 6.92 Å². The molecular formula is C12H14BrNO3. The summed E-state index contributed by atoms with van der Waals surface area (Å²) in [4.78, 5) is 22.1. The lowest BCUT2D eigenvalue weighted by Crippen LogP contribution is -2.43. The highest BCUT2D eigenvalue weighted by atomic mass is 79.9. The number of hydrogen-bond donors (Lipinski definition) is 2. The molecule has 0 radical (unpaired) electrons. The Morgan fingerprint density at radius 2 is 2.06 bits per heavy atom. The fraction of sp³-hybridized carbons (Fsp3) is 0.333. The molecule has 1 aromatic rings. The number of carbonyl (C=O) groups is 2. The molecule has 4 nitrogen and oxygen atoms in total. The predicted molar refractivity (Wildman–Crippen MR) is 67.8 cm³/mol. The summed E-state index contributed by atoms with van der Waals surface area (Å²) in [6.45, 7) is 3.08. The van der Waals surface area contributed by atoms with E-state index < -0.39 is 12.0 Å². The van der Waals surface area contributed by atoms with Crippen LogP contribution in [0.1, 0.15) is 25.3 Å². The molecule has 92 valence electrons. The van der Waals surface area contributed by atoms with Crippen molar-refractivity contribution < 1.29 is 14.7 Å². The predicted octanol–water partition coefficient (Wildman–Crippen LogP) is 2.14. The Morgan fingerprint density at radius 3 is 2.53 bits per heavy atom. The van der Waals surface area contributed by atoms with E-state index in [1.807, 2.05) is 24.3 Å². The quantitative estimate of drug-likeness (QED) is 0.895. The van der Waals surface area contributed by atoms with E-state index in [-0.39, 0.29) is 11.8 Å². The zero-order valence-corrected chi connectivity index (χ0v) is 11.2. The summed E-state index contributed by atoms with van der Waals surface area (Å²) >= 11 is 3.33. The number of rotatable bonds is 4. The normalized spacial score (nSPS) is 13.8. The van der Waals surface area contributed by atoms with E-state index in [2.05, 4.69) is 21.2 Å². The van der Waals surface area contributed by atoms with Crippen molar-refractivity contribution in [1.29, 1.82) is 0 Å². The Bertz CT molecular complexity index is 434. The molecule has 2 atom stereocenters. The van der Waals surface area contributed by atoms with E-state index in [4.69, 9.17) is 5.11 Å². The molecule has 1 aromatic carbocycles. The largest absolute Gasteiger partial charge is 0.480 e. The van der Waals surface area contributed by atoms with Crippen molar-refractivity contribution in [2.24, 2.45) is 0 Å². The highest BCUT2D eigenvalue weighted by Crippen LogP contribution is 2.22. The van der Waals surface area contributed by atoms with Crippen LogP contribution in [0.15, 0.2) is 28.7 Å². The van der Waals surface area contributed by atoms with Gasteiger partial charge in [0.1, 0.15) is 6.04 Å². The average molecular weight is 300 g/mol. The van der Waals surface area contributed by atoms with Crippen LogP contribution in [-0.4, -0.2) is 23.0 Å². The minimum atomic E-state index is -1.03. The molecule has 2 unspecified atom stereocenters. The molecule has 1 rings (SSSR count). The second-order valence-corrected chi connectivity index (χ2v) is 4.78. The van der Waals surface area contributed by atoms with E-state index in [0.29, 0.717) is 0 Å². The van der Waals surface area contributed by atoms with Crippen LogP contribution in [0.25, 0.3) is 0 Å². The first kappa shape index (κ1) is 13.7. The lowest BCUT2D eigenvalue weighted by atomic mass is 9.93. The molecule has 0 aliphatic rings. The maximum atomic E-state index is 11.1. The number of hydrogen-bond acceptors (Lipinski definition) is 2. The monoisotopic (exact) mass is 299 g/mol. The fourth-order valence-corrected chi connectivity index (χ4v) is 2.02. The third kappa shape index (κ3) is 3.85. The second kappa shape index (κ2) is 5.82. The SMILES string of the molecule is CC(=O)NC(C(=O)O)C(C)c1cccc(Br)c1. The fourth-order valence-electron chi connectivity index (χ4n) is 1.60. The number of carboxylic acid groups (broad SMARTS) is 1. The van der Waals surface area contributed by atoms with Gasteiger partial charge in [-0.05, 0) is 17.7 Å². The summed E-state index contributed by atoms with van der Waals surface area (Å²) in [6, 6.07) is 6.48. The lowest BCUT2D eigenvalue weighted by Gasteiger charge is -2.21. The molecular weight excluding hydrogens is 286 g/mol. The summed E-state index contributed by atoms with van der Waals surface area (Å²) < 4.78 is 0.883. The number of halogens is 1. The van der Waals surface area contributed by atoms with Crippen molar-refractivity contribution in [3.05, 3.63) is 34.3 Å². The van der Waals surface area contributed by atoms with Crippen LogP contribution in [0.4, 0.5) is 0 Å². The number of benzene rings is 1. The maximum Gasteiger partial charge on any atom is 0.326 e. The van der Waals surface area contributed by atoms with Gasteiger partial charge in [0.15, 0.2) is 0 Å². The molecule has 0 heterocycles. The zero-order valence-electron chi connectivity index (χ0n) is 9.61. The van der Waals surface area contributed by atoms with Gasteiger partial charge in [0.05, 0.1) is 0 Å². The van der Waals surface area contributed by atoms with Crippen LogP contribution in [0.2, 0.25) is 0 Å². The maximum absolute atomic E-state index is 11.1. The Morgan fingerprint density at radius 1 is 1.41 bits per heavy atom. The van der Waals surface area contributed by atoms with Gasteiger partial charge in [-0.2, -0.15) is 0 Å². The minimum Gasteiger partial charge on any atom is -0.480 e. The third-order valence-electron chi connectivity index (χ3n) is 2.50. The van der Waals surface area contributed by atoms with Crippen molar-refractivity contribution in [1.82, 2.24) is 5.32 Å². The summed E-state index contributed by atoms with van der Waals surface area (Å²) in [7, 11) is 0. The van der Waals surface area contributed by atoms with E-state index in [9.17, 15) is 9.59 Å². The summed E-state index contributed by atoms with van der Waals surface area (Å²) in [5.41, 5.74) is 0.862. The number of amides is 1. The van der Waals surface area contributed by atoms with E-state index in [0.717, 1.165) is 10.0 Å². The Balaban J connectivity index is 2.95. The Hall–Kier alpha value is -1.36. The molecule has 5 heteroatoms. The Kier molecular flexibility index (Phi) is 4.69. The lowest BCUT2D eigenvalue weighted by molar-refractivity contribution is -0.142. The third-order valence-corrected chi connectivity index (χ3v) is 2.99.